The summed E-state index contributed by atoms with van der Waals surface area (Å²) in [5.41, 5.74) is 0. The quantitative estimate of drug-likeness (QED) is 0.579. The standard InChI is InChI=1S/C8H8Se2/c9-7-5-3-1-2-4-6-8(7)10/h3-6H,1-2H2/b5-3-,6-4-,8-7-. The molecule has 0 aromatic rings. The van der Waals surface area contributed by atoms with E-state index in [1.54, 1.807) is 0 Å². The van der Waals surface area contributed by atoms with Crippen molar-refractivity contribution in [3.8, 4) is 0 Å². The molecule has 0 N–H and O–H groups in total. The molecular formula is C8H8Se2. The van der Waals surface area contributed by atoms with Crippen LogP contribution in [0.5, 0.6) is 0 Å². The maximum atomic E-state index is 3.01. The normalized spacial score (nSPS) is 32.4. The summed E-state index contributed by atoms with van der Waals surface area (Å²) in [6.45, 7) is 0. The van der Waals surface area contributed by atoms with Crippen molar-refractivity contribution in [1.82, 2.24) is 0 Å². The van der Waals surface area contributed by atoms with E-state index in [1.165, 1.54) is 8.94 Å². The van der Waals surface area contributed by atoms with Gasteiger partial charge in [-0.15, -0.1) is 0 Å². The summed E-state index contributed by atoms with van der Waals surface area (Å²) in [5.74, 6) is 0. The first kappa shape index (κ1) is 8.36. The van der Waals surface area contributed by atoms with E-state index < -0.39 is 0 Å². The summed E-state index contributed by atoms with van der Waals surface area (Å²) < 4.78 is 2.41. The average Bonchev–Trinajstić information content (AvgIpc) is 1.92. The Morgan fingerprint density at radius 1 is 0.900 bits per heavy atom. The van der Waals surface area contributed by atoms with Crippen LogP contribution in [-0.4, -0.2) is 32.0 Å². The fourth-order valence-corrected chi connectivity index (χ4v) is 1.43. The van der Waals surface area contributed by atoms with E-state index in [0.717, 1.165) is 12.8 Å². The summed E-state index contributed by atoms with van der Waals surface area (Å²) >= 11 is 6.01. The molecule has 10 heavy (non-hydrogen) atoms. The molecule has 0 nitrogen and oxygen atoms in total. The van der Waals surface area contributed by atoms with Gasteiger partial charge in [0.15, 0.2) is 0 Å². The van der Waals surface area contributed by atoms with Crippen molar-refractivity contribution in [2.45, 2.75) is 12.8 Å². The molecule has 2 heteroatoms. The van der Waals surface area contributed by atoms with Crippen LogP contribution in [0.25, 0.3) is 0 Å². The molecule has 0 aliphatic heterocycles. The van der Waals surface area contributed by atoms with Crippen LogP contribution in [0.4, 0.5) is 0 Å². The third-order valence-electron chi connectivity index (χ3n) is 1.28. The van der Waals surface area contributed by atoms with Gasteiger partial charge in [0.05, 0.1) is 0 Å². The molecule has 52 valence electrons. The second-order valence-electron chi connectivity index (χ2n) is 2.11. The van der Waals surface area contributed by atoms with Gasteiger partial charge in [0.2, 0.25) is 0 Å². The molecule has 0 heterocycles. The molecule has 0 fully saturated rings. The summed E-state index contributed by atoms with van der Waals surface area (Å²) in [4.78, 5) is 0. The van der Waals surface area contributed by atoms with Crippen molar-refractivity contribution in [3.63, 3.8) is 0 Å². The molecule has 0 spiro atoms. The Morgan fingerprint density at radius 3 is 1.70 bits per heavy atom. The molecule has 1 aliphatic rings. The molecular weight excluding hydrogens is 254 g/mol. The van der Waals surface area contributed by atoms with Crippen molar-refractivity contribution >= 4 is 32.0 Å². The molecule has 0 saturated carbocycles. The molecule has 0 amide bonds. The Bertz CT molecular complexity index is 177. The topological polar surface area (TPSA) is 0 Å². The van der Waals surface area contributed by atoms with E-state index in [4.69, 9.17) is 0 Å². The van der Waals surface area contributed by atoms with Crippen molar-refractivity contribution in [2.24, 2.45) is 0 Å². The van der Waals surface area contributed by atoms with Crippen molar-refractivity contribution in [2.75, 3.05) is 0 Å². The number of allylic oxidation sites excluding steroid dienone is 6. The van der Waals surface area contributed by atoms with E-state index in [1.807, 2.05) is 0 Å². The monoisotopic (exact) mass is 264 g/mol. The third kappa shape index (κ3) is 2.48. The predicted octanol–water partition coefficient (Wildman–Crippen LogP) is 1.44. The van der Waals surface area contributed by atoms with Crippen LogP contribution in [0.1, 0.15) is 12.8 Å². The van der Waals surface area contributed by atoms with Gasteiger partial charge in [-0.3, -0.25) is 0 Å². The molecule has 1 rings (SSSR count). The first-order valence-electron chi connectivity index (χ1n) is 3.22. The van der Waals surface area contributed by atoms with E-state index in [0.29, 0.717) is 0 Å². The van der Waals surface area contributed by atoms with Crippen LogP contribution in [-0.2, 0) is 0 Å². The zero-order chi connectivity index (χ0) is 7.40. The van der Waals surface area contributed by atoms with Crippen LogP contribution >= 0.6 is 0 Å². The molecule has 0 aromatic heterocycles. The third-order valence-corrected chi connectivity index (χ3v) is 3.43. The van der Waals surface area contributed by atoms with Gasteiger partial charge in [0.25, 0.3) is 0 Å². The van der Waals surface area contributed by atoms with Gasteiger partial charge in [-0.2, -0.15) is 0 Å². The molecule has 2 radical (unpaired) electrons. The zero-order valence-corrected chi connectivity index (χ0v) is 8.97. The summed E-state index contributed by atoms with van der Waals surface area (Å²) in [7, 11) is 0. The van der Waals surface area contributed by atoms with Crippen molar-refractivity contribution in [1.29, 1.82) is 0 Å². The van der Waals surface area contributed by atoms with Crippen LogP contribution < -0.4 is 0 Å². The maximum absolute atomic E-state index is 3.01. The fraction of sp³-hybridized carbons (Fsp3) is 0.250. The predicted molar refractivity (Wildman–Crippen MR) is 46.0 cm³/mol. The first-order chi connectivity index (χ1) is 4.80. The van der Waals surface area contributed by atoms with Gasteiger partial charge in [-0.25, -0.2) is 0 Å². The van der Waals surface area contributed by atoms with Gasteiger partial charge < -0.3 is 0 Å². The van der Waals surface area contributed by atoms with Gasteiger partial charge in [0.1, 0.15) is 0 Å². The number of hydrogen-bond acceptors (Lipinski definition) is 0. The summed E-state index contributed by atoms with van der Waals surface area (Å²) in [5, 5.41) is 0. The van der Waals surface area contributed by atoms with Gasteiger partial charge in [0, 0.05) is 0 Å². The minimum absolute atomic E-state index is 1.15. The van der Waals surface area contributed by atoms with Gasteiger partial charge >= 0.3 is 78.1 Å². The number of hydrogen-bond donors (Lipinski definition) is 0. The average molecular weight is 262 g/mol. The molecule has 0 bridgehead atoms. The van der Waals surface area contributed by atoms with Crippen molar-refractivity contribution < 1.29 is 0 Å². The SMILES string of the molecule is [Se]C1=C([Se])/C=C\CC/C=C\1. The Hall–Kier alpha value is 0.259. The van der Waals surface area contributed by atoms with Crippen LogP contribution in [0.2, 0.25) is 0 Å². The molecule has 0 unspecified atom stereocenters. The Labute approximate surface area is 78.1 Å². The fourth-order valence-electron chi connectivity index (χ4n) is 0.737. The summed E-state index contributed by atoms with van der Waals surface area (Å²) in [6.07, 6.45) is 10.9. The van der Waals surface area contributed by atoms with Crippen LogP contribution in [0.3, 0.4) is 0 Å². The van der Waals surface area contributed by atoms with Crippen LogP contribution in [0, 0.1) is 0 Å². The first-order valence-corrected chi connectivity index (χ1v) is 4.93. The molecule has 0 saturated heterocycles. The Kier molecular flexibility index (Phi) is 3.51. The molecule has 0 aromatic carbocycles. The Balaban J connectivity index is 2.84. The van der Waals surface area contributed by atoms with E-state index in [9.17, 15) is 0 Å². The zero-order valence-electron chi connectivity index (χ0n) is 5.54. The minimum atomic E-state index is 1.15. The van der Waals surface area contributed by atoms with E-state index in [2.05, 4.69) is 56.3 Å². The van der Waals surface area contributed by atoms with Gasteiger partial charge in [-0.05, 0) is 0 Å². The van der Waals surface area contributed by atoms with Gasteiger partial charge in [-0.1, -0.05) is 0 Å². The molecule has 1 aliphatic carbocycles. The molecule has 0 atom stereocenters. The van der Waals surface area contributed by atoms with E-state index in [-0.39, 0.29) is 0 Å². The summed E-state index contributed by atoms with van der Waals surface area (Å²) in [6, 6.07) is 0. The second-order valence-corrected chi connectivity index (χ2v) is 3.96. The Morgan fingerprint density at radius 2 is 1.30 bits per heavy atom. The second kappa shape index (κ2) is 4.20. The number of rotatable bonds is 0. The van der Waals surface area contributed by atoms with Crippen molar-refractivity contribution in [3.05, 3.63) is 33.2 Å². The van der Waals surface area contributed by atoms with Crippen LogP contribution in [0.15, 0.2) is 33.2 Å². The van der Waals surface area contributed by atoms with E-state index >= 15 is 0 Å².